The van der Waals surface area contributed by atoms with Crippen LogP contribution in [-0.2, 0) is 6.42 Å². The smallest absolute Gasteiger partial charge is 0.167 e. The Morgan fingerprint density at radius 1 is 1.17 bits per heavy atom. The number of rotatable bonds is 6. The molecule has 2 heteroatoms. The van der Waals surface area contributed by atoms with Gasteiger partial charge in [0.2, 0.25) is 0 Å². The number of para-hydroxylation sites is 1. The molecule has 96 valence electrons. The fraction of sp³-hybridized carbons (Fsp3) is 0.438. The van der Waals surface area contributed by atoms with E-state index < -0.39 is 0 Å². The normalized spacial score (nSPS) is 11.0. The molecule has 0 saturated heterocycles. The molecule has 0 aliphatic heterocycles. The van der Waals surface area contributed by atoms with Crippen molar-refractivity contribution >= 4 is 16.8 Å². The Labute approximate surface area is 108 Å². The lowest BCUT2D eigenvalue weighted by Crippen LogP contribution is -2.01. The highest BCUT2D eigenvalue weighted by molar-refractivity contribution is 6.08. The van der Waals surface area contributed by atoms with E-state index >= 15 is 0 Å². The van der Waals surface area contributed by atoms with Gasteiger partial charge >= 0.3 is 0 Å². The standard InChI is InChI=1S/C16H20O2/c1-3-5-6-10-13(17)16-12-9-7-8-11-15(12)18-14(16)4-2/h7-9,11H,3-6,10H2,1-2H3. The number of unbranched alkanes of at least 4 members (excludes halogenated alkanes) is 2. The predicted molar refractivity (Wildman–Crippen MR) is 74.1 cm³/mol. The second-order valence-corrected chi connectivity index (χ2v) is 4.63. The van der Waals surface area contributed by atoms with Crippen LogP contribution in [0.1, 0.15) is 55.6 Å². The van der Waals surface area contributed by atoms with E-state index in [2.05, 4.69) is 6.92 Å². The van der Waals surface area contributed by atoms with Gasteiger partial charge in [0, 0.05) is 18.2 Å². The summed E-state index contributed by atoms with van der Waals surface area (Å²) in [6.07, 6.45) is 4.62. The summed E-state index contributed by atoms with van der Waals surface area (Å²) in [5.41, 5.74) is 1.64. The topological polar surface area (TPSA) is 30.2 Å². The highest BCUT2D eigenvalue weighted by Gasteiger charge is 2.18. The van der Waals surface area contributed by atoms with Crippen molar-refractivity contribution in [2.45, 2.75) is 46.0 Å². The first-order chi connectivity index (χ1) is 8.77. The van der Waals surface area contributed by atoms with Crippen molar-refractivity contribution in [1.29, 1.82) is 0 Å². The van der Waals surface area contributed by atoms with E-state index in [4.69, 9.17) is 4.42 Å². The van der Waals surface area contributed by atoms with Gasteiger partial charge in [0.25, 0.3) is 0 Å². The average Bonchev–Trinajstić information content (AvgIpc) is 2.77. The molecule has 0 unspecified atom stereocenters. The fourth-order valence-electron chi connectivity index (χ4n) is 2.31. The van der Waals surface area contributed by atoms with Gasteiger partial charge in [-0.3, -0.25) is 4.79 Å². The lowest BCUT2D eigenvalue weighted by atomic mass is 10.0. The molecular formula is C16H20O2. The number of hydrogen-bond acceptors (Lipinski definition) is 2. The molecule has 0 radical (unpaired) electrons. The number of furan rings is 1. The Bertz CT molecular complexity index is 537. The molecule has 0 atom stereocenters. The molecule has 0 amide bonds. The van der Waals surface area contributed by atoms with Gasteiger partial charge in [0.15, 0.2) is 5.78 Å². The van der Waals surface area contributed by atoms with E-state index in [0.717, 1.165) is 48.0 Å². The largest absolute Gasteiger partial charge is 0.460 e. The SMILES string of the molecule is CCCCCC(=O)c1c(CC)oc2ccccc12. The van der Waals surface area contributed by atoms with Crippen LogP contribution < -0.4 is 0 Å². The maximum Gasteiger partial charge on any atom is 0.167 e. The van der Waals surface area contributed by atoms with Crippen molar-refractivity contribution in [2.24, 2.45) is 0 Å². The number of aryl methyl sites for hydroxylation is 1. The van der Waals surface area contributed by atoms with E-state index in [1.54, 1.807) is 0 Å². The Balaban J connectivity index is 2.32. The third-order valence-corrected chi connectivity index (χ3v) is 3.28. The molecule has 1 heterocycles. The van der Waals surface area contributed by atoms with Crippen LogP contribution >= 0.6 is 0 Å². The molecule has 0 spiro atoms. The quantitative estimate of drug-likeness (QED) is 0.541. The zero-order valence-corrected chi connectivity index (χ0v) is 11.2. The average molecular weight is 244 g/mol. The summed E-state index contributed by atoms with van der Waals surface area (Å²) in [7, 11) is 0. The van der Waals surface area contributed by atoms with Crippen molar-refractivity contribution in [3.05, 3.63) is 35.6 Å². The van der Waals surface area contributed by atoms with Crippen LogP contribution in [0.15, 0.2) is 28.7 Å². The predicted octanol–water partition coefficient (Wildman–Crippen LogP) is 4.76. The van der Waals surface area contributed by atoms with Gasteiger partial charge < -0.3 is 4.42 Å². The third-order valence-electron chi connectivity index (χ3n) is 3.28. The number of ketones is 1. The number of carbonyl (C=O) groups excluding carboxylic acids is 1. The molecule has 2 rings (SSSR count). The van der Waals surface area contributed by atoms with Crippen LogP contribution in [0.2, 0.25) is 0 Å². The summed E-state index contributed by atoms with van der Waals surface area (Å²) < 4.78 is 5.75. The lowest BCUT2D eigenvalue weighted by molar-refractivity contribution is 0.0979. The highest BCUT2D eigenvalue weighted by Crippen LogP contribution is 2.27. The summed E-state index contributed by atoms with van der Waals surface area (Å²) in [6, 6.07) is 7.80. The molecule has 0 N–H and O–H groups in total. The molecular weight excluding hydrogens is 224 g/mol. The maximum atomic E-state index is 12.3. The van der Waals surface area contributed by atoms with Crippen LogP contribution in [0.3, 0.4) is 0 Å². The molecule has 18 heavy (non-hydrogen) atoms. The molecule has 2 nitrogen and oxygen atoms in total. The van der Waals surface area contributed by atoms with Gasteiger partial charge in [-0.2, -0.15) is 0 Å². The van der Waals surface area contributed by atoms with Crippen LogP contribution in [0.5, 0.6) is 0 Å². The number of benzene rings is 1. The van der Waals surface area contributed by atoms with Crippen LogP contribution in [0, 0.1) is 0 Å². The molecule has 0 aliphatic rings. The number of carbonyl (C=O) groups is 1. The van der Waals surface area contributed by atoms with E-state index in [9.17, 15) is 4.79 Å². The summed E-state index contributed by atoms with van der Waals surface area (Å²) in [4.78, 5) is 12.3. The minimum atomic E-state index is 0.227. The van der Waals surface area contributed by atoms with Crippen molar-refractivity contribution < 1.29 is 9.21 Å². The van der Waals surface area contributed by atoms with Crippen LogP contribution in [0.25, 0.3) is 11.0 Å². The molecule has 0 bridgehead atoms. The number of hydrogen-bond donors (Lipinski definition) is 0. The third kappa shape index (κ3) is 2.47. The van der Waals surface area contributed by atoms with Gasteiger partial charge in [-0.1, -0.05) is 44.9 Å². The first-order valence-corrected chi connectivity index (χ1v) is 6.81. The first kappa shape index (κ1) is 12.9. The van der Waals surface area contributed by atoms with E-state index in [-0.39, 0.29) is 5.78 Å². The van der Waals surface area contributed by atoms with Gasteiger partial charge in [-0.15, -0.1) is 0 Å². The molecule has 2 aromatic rings. The first-order valence-electron chi connectivity index (χ1n) is 6.81. The van der Waals surface area contributed by atoms with Crippen molar-refractivity contribution in [2.75, 3.05) is 0 Å². The summed E-state index contributed by atoms with van der Waals surface area (Å²) >= 11 is 0. The summed E-state index contributed by atoms with van der Waals surface area (Å²) in [5.74, 6) is 1.06. The van der Waals surface area contributed by atoms with Crippen LogP contribution in [-0.4, -0.2) is 5.78 Å². The van der Waals surface area contributed by atoms with Crippen molar-refractivity contribution in [3.63, 3.8) is 0 Å². The molecule has 0 aliphatic carbocycles. The Hall–Kier alpha value is -1.57. The molecule has 0 fully saturated rings. The Morgan fingerprint density at radius 2 is 1.94 bits per heavy atom. The highest BCUT2D eigenvalue weighted by atomic mass is 16.3. The number of fused-ring (bicyclic) bond motifs is 1. The van der Waals surface area contributed by atoms with E-state index in [0.29, 0.717) is 6.42 Å². The van der Waals surface area contributed by atoms with E-state index in [1.807, 2.05) is 31.2 Å². The molecule has 1 aromatic carbocycles. The van der Waals surface area contributed by atoms with Crippen molar-refractivity contribution in [1.82, 2.24) is 0 Å². The zero-order valence-electron chi connectivity index (χ0n) is 11.2. The maximum absolute atomic E-state index is 12.3. The van der Waals surface area contributed by atoms with E-state index in [1.165, 1.54) is 0 Å². The molecule has 0 saturated carbocycles. The Kier molecular flexibility index (Phi) is 4.19. The van der Waals surface area contributed by atoms with Gasteiger partial charge in [0.05, 0.1) is 5.56 Å². The Morgan fingerprint density at radius 3 is 2.67 bits per heavy atom. The summed E-state index contributed by atoms with van der Waals surface area (Å²) in [5, 5.41) is 0.968. The van der Waals surface area contributed by atoms with Gasteiger partial charge in [-0.05, 0) is 12.5 Å². The minimum Gasteiger partial charge on any atom is -0.460 e. The number of Topliss-reactive ketones (excluding diaryl/α,β-unsaturated/α-hetero) is 1. The monoisotopic (exact) mass is 244 g/mol. The summed E-state index contributed by atoms with van der Waals surface area (Å²) in [6.45, 7) is 4.18. The van der Waals surface area contributed by atoms with Gasteiger partial charge in [-0.25, -0.2) is 0 Å². The second kappa shape index (κ2) is 5.85. The lowest BCUT2D eigenvalue weighted by Gasteiger charge is -2.00. The fourth-order valence-corrected chi connectivity index (χ4v) is 2.31. The molecule has 1 aromatic heterocycles. The van der Waals surface area contributed by atoms with Crippen LogP contribution in [0.4, 0.5) is 0 Å². The van der Waals surface area contributed by atoms with Gasteiger partial charge in [0.1, 0.15) is 11.3 Å². The van der Waals surface area contributed by atoms with Crippen molar-refractivity contribution in [3.8, 4) is 0 Å². The second-order valence-electron chi connectivity index (χ2n) is 4.63. The minimum absolute atomic E-state index is 0.227. The zero-order chi connectivity index (χ0) is 13.0.